The first-order valence-electron chi connectivity index (χ1n) is 8.32. The van der Waals surface area contributed by atoms with Gasteiger partial charge < -0.3 is 14.2 Å². The summed E-state index contributed by atoms with van der Waals surface area (Å²) in [6.07, 6.45) is 5.61. The van der Waals surface area contributed by atoms with Crippen LogP contribution in [-0.2, 0) is 0 Å². The predicted octanol–water partition coefficient (Wildman–Crippen LogP) is 4.49. The average molecular weight is 361 g/mol. The molecule has 2 aromatic carbocycles. The fourth-order valence-corrected chi connectivity index (χ4v) is 2.39. The highest BCUT2D eigenvalue weighted by atomic mass is 16.5. The molecule has 0 N–H and O–H groups in total. The molecule has 3 rings (SSSR count). The van der Waals surface area contributed by atoms with E-state index in [2.05, 4.69) is 4.98 Å². The van der Waals surface area contributed by atoms with Crippen molar-refractivity contribution in [3.05, 3.63) is 83.7 Å². The maximum Gasteiger partial charge on any atom is 0.343 e. The van der Waals surface area contributed by atoms with E-state index in [4.69, 9.17) is 14.2 Å². The maximum atomic E-state index is 12.4. The lowest BCUT2D eigenvalue weighted by molar-refractivity contribution is 0.0734. The summed E-state index contributed by atoms with van der Waals surface area (Å²) in [7, 11) is 3.06. The van der Waals surface area contributed by atoms with Gasteiger partial charge in [-0.05, 0) is 48.0 Å². The minimum absolute atomic E-state index is 0.352. The molecule has 1 heterocycles. The zero-order chi connectivity index (χ0) is 19.1. The minimum atomic E-state index is -0.482. The van der Waals surface area contributed by atoms with Gasteiger partial charge in [0.1, 0.15) is 17.2 Å². The Labute approximate surface area is 157 Å². The van der Waals surface area contributed by atoms with Crippen molar-refractivity contribution >= 4 is 18.1 Å². The number of ether oxygens (including phenoxy) is 3. The second-order valence-electron chi connectivity index (χ2n) is 5.65. The normalized spacial score (nSPS) is 10.6. The highest BCUT2D eigenvalue weighted by Crippen LogP contribution is 2.24. The van der Waals surface area contributed by atoms with E-state index in [1.807, 2.05) is 42.5 Å². The number of methoxy groups -OCH3 is 2. The van der Waals surface area contributed by atoms with E-state index in [1.165, 1.54) is 14.2 Å². The molecule has 0 saturated carbocycles. The zero-order valence-corrected chi connectivity index (χ0v) is 15.1. The topological polar surface area (TPSA) is 57.7 Å². The third-order valence-electron chi connectivity index (χ3n) is 3.81. The van der Waals surface area contributed by atoms with Crippen LogP contribution in [0.5, 0.6) is 17.2 Å². The van der Waals surface area contributed by atoms with E-state index in [0.29, 0.717) is 22.8 Å². The molecule has 1 aromatic heterocycles. The van der Waals surface area contributed by atoms with Gasteiger partial charge in [-0.25, -0.2) is 4.79 Å². The van der Waals surface area contributed by atoms with Crippen molar-refractivity contribution in [2.45, 2.75) is 0 Å². The van der Waals surface area contributed by atoms with Crippen LogP contribution in [0.15, 0.2) is 66.9 Å². The summed E-state index contributed by atoms with van der Waals surface area (Å²) < 4.78 is 15.8. The number of aromatic nitrogens is 1. The van der Waals surface area contributed by atoms with Crippen molar-refractivity contribution < 1.29 is 19.0 Å². The predicted molar refractivity (Wildman–Crippen MR) is 104 cm³/mol. The van der Waals surface area contributed by atoms with Gasteiger partial charge in [-0.15, -0.1) is 0 Å². The Kier molecular flexibility index (Phi) is 5.84. The molecule has 0 aliphatic heterocycles. The smallest absolute Gasteiger partial charge is 0.343 e. The van der Waals surface area contributed by atoms with Gasteiger partial charge in [0.15, 0.2) is 0 Å². The number of nitrogens with zero attached hydrogens (tertiary/aromatic N) is 1. The molecule has 0 atom stereocenters. The largest absolute Gasteiger partial charge is 0.497 e. The van der Waals surface area contributed by atoms with Crippen molar-refractivity contribution in [3.63, 3.8) is 0 Å². The van der Waals surface area contributed by atoms with Crippen molar-refractivity contribution in [1.82, 2.24) is 4.98 Å². The Morgan fingerprint density at radius 2 is 1.56 bits per heavy atom. The molecule has 0 amide bonds. The number of pyridine rings is 1. The van der Waals surface area contributed by atoms with Gasteiger partial charge in [0.2, 0.25) is 0 Å². The van der Waals surface area contributed by atoms with Gasteiger partial charge in [0, 0.05) is 12.3 Å². The van der Waals surface area contributed by atoms with E-state index in [1.54, 1.807) is 36.5 Å². The molecule has 0 fully saturated rings. The monoisotopic (exact) mass is 361 g/mol. The van der Waals surface area contributed by atoms with Gasteiger partial charge in [-0.2, -0.15) is 0 Å². The van der Waals surface area contributed by atoms with Gasteiger partial charge in [-0.3, -0.25) is 4.98 Å². The highest BCUT2D eigenvalue weighted by Gasteiger charge is 2.12. The SMILES string of the molecule is COc1cc(OC)cc(C(=O)Oc2ccc(/C=C/c3ccccn3)cc2)c1. The zero-order valence-electron chi connectivity index (χ0n) is 15.1. The van der Waals surface area contributed by atoms with Gasteiger partial charge in [0.25, 0.3) is 0 Å². The van der Waals surface area contributed by atoms with E-state index >= 15 is 0 Å². The van der Waals surface area contributed by atoms with Crippen LogP contribution in [-0.4, -0.2) is 25.2 Å². The second-order valence-corrected chi connectivity index (χ2v) is 5.65. The van der Waals surface area contributed by atoms with Crippen LogP contribution in [0, 0.1) is 0 Å². The highest BCUT2D eigenvalue weighted by molar-refractivity contribution is 5.92. The van der Waals surface area contributed by atoms with Gasteiger partial charge in [0.05, 0.1) is 25.5 Å². The van der Waals surface area contributed by atoms with Crippen molar-refractivity contribution in [2.24, 2.45) is 0 Å². The Morgan fingerprint density at radius 3 is 2.15 bits per heavy atom. The summed E-state index contributed by atoms with van der Waals surface area (Å²) in [5, 5.41) is 0. The van der Waals surface area contributed by atoms with Crippen LogP contribution >= 0.6 is 0 Å². The molecule has 0 saturated heterocycles. The molecule has 136 valence electrons. The van der Waals surface area contributed by atoms with Crippen LogP contribution in [0.2, 0.25) is 0 Å². The fourth-order valence-electron chi connectivity index (χ4n) is 2.39. The Morgan fingerprint density at radius 1 is 0.852 bits per heavy atom. The summed E-state index contributed by atoms with van der Waals surface area (Å²) in [6.45, 7) is 0. The number of rotatable bonds is 6. The number of hydrogen-bond acceptors (Lipinski definition) is 5. The maximum absolute atomic E-state index is 12.4. The molecule has 27 heavy (non-hydrogen) atoms. The molecule has 0 aliphatic carbocycles. The van der Waals surface area contributed by atoms with Crippen LogP contribution in [0.4, 0.5) is 0 Å². The van der Waals surface area contributed by atoms with Crippen LogP contribution in [0.3, 0.4) is 0 Å². The van der Waals surface area contributed by atoms with Crippen LogP contribution in [0.1, 0.15) is 21.6 Å². The molecular formula is C22H19NO4. The molecule has 0 unspecified atom stereocenters. The van der Waals surface area contributed by atoms with Gasteiger partial charge >= 0.3 is 5.97 Å². The molecule has 3 aromatic rings. The summed E-state index contributed by atoms with van der Waals surface area (Å²) in [6, 6.07) is 17.9. The summed E-state index contributed by atoms with van der Waals surface area (Å²) in [4.78, 5) is 16.6. The summed E-state index contributed by atoms with van der Waals surface area (Å²) in [5.41, 5.74) is 2.20. The number of carbonyl (C=O) groups is 1. The quantitative estimate of drug-likeness (QED) is 0.478. The minimum Gasteiger partial charge on any atom is -0.497 e. The molecule has 0 spiro atoms. The van der Waals surface area contributed by atoms with Gasteiger partial charge in [-0.1, -0.05) is 24.3 Å². The third-order valence-corrected chi connectivity index (χ3v) is 3.81. The van der Waals surface area contributed by atoms with Crippen molar-refractivity contribution in [3.8, 4) is 17.2 Å². The first kappa shape index (κ1) is 18.2. The van der Waals surface area contributed by atoms with E-state index in [9.17, 15) is 4.79 Å². The number of esters is 1. The Hall–Kier alpha value is -3.60. The fraction of sp³-hybridized carbons (Fsp3) is 0.0909. The third kappa shape index (κ3) is 4.95. The number of carbonyl (C=O) groups excluding carboxylic acids is 1. The van der Waals surface area contributed by atoms with E-state index in [-0.39, 0.29) is 0 Å². The van der Waals surface area contributed by atoms with E-state index < -0.39 is 5.97 Å². The molecular weight excluding hydrogens is 342 g/mol. The molecule has 0 radical (unpaired) electrons. The molecule has 5 nitrogen and oxygen atoms in total. The Balaban J connectivity index is 1.69. The lowest BCUT2D eigenvalue weighted by atomic mass is 10.2. The first-order valence-corrected chi connectivity index (χ1v) is 8.32. The van der Waals surface area contributed by atoms with E-state index in [0.717, 1.165) is 11.3 Å². The van der Waals surface area contributed by atoms with Crippen LogP contribution in [0.25, 0.3) is 12.2 Å². The number of hydrogen-bond donors (Lipinski definition) is 0. The number of benzene rings is 2. The lowest BCUT2D eigenvalue weighted by Gasteiger charge is -2.08. The molecule has 0 aliphatic rings. The summed E-state index contributed by atoms with van der Waals surface area (Å²) >= 11 is 0. The van der Waals surface area contributed by atoms with Crippen LogP contribution < -0.4 is 14.2 Å². The van der Waals surface area contributed by atoms with Crippen molar-refractivity contribution in [1.29, 1.82) is 0 Å². The Bertz CT molecular complexity index is 912. The first-order chi connectivity index (χ1) is 13.2. The average Bonchev–Trinajstić information content (AvgIpc) is 2.73. The molecule has 0 bridgehead atoms. The lowest BCUT2D eigenvalue weighted by Crippen LogP contribution is -2.09. The molecule has 5 heteroatoms. The summed E-state index contributed by atoms with van der Waals surface area (Å²) in [5.74, 6) is 1.02. The van der Waals surface area contributed by atoms with Crippen molar-refractivity contribution in [2.75, 3.05) is 14.2 Å². The standard InChI is InChI=1S/C22H19NO4/c1-25-20-13-17(14-21(15-20)26-2)22(24)27-19-10-7-16(8-11-19)6-9-18-5-3-4-12-23-18/h3-15H,1-2H3/b9-6+. The second kappa shape index (κ2) is 8.67.